The number of carbonyl (C=O) groups excluding carboxylic acids is 1. The number of hydrogen-bond acceptors (Lipinski definition) is 7. The smallest absolute Gasteiger partial charge is 0.231 e. The molecule has 1 aliphatic rings. The zero-order valence-electron chi connectivity index (χ0n) is 17.0. The Bertz CT molecular complexity index is 1220. The lowest BCUT2D eigenvalue weighted by Gasteiger charge is -2.38. The van der Waals surface area contributed by atoms with Crippen LogP contribution < -0.4 is 15.0 Å². The van der Waals surface area contributed by atoms with Crippen LogP contribution in [0.15, 0.2) is 60.9 Å². The van der Waals surface area contributed by atoms with E-state index < -0.39 is 0 Å². The largest absolute Gasteiger partial charge is 0.455 e. The van der Waals surface area contributed by atoms with E-state index in [-0.39, 0.29) is 11.8 Å². The third-order valence-electron chi connectivity index (χ3n) is 5.25. The molecule has 9 heteroatoms. The van der Waals surface area contributed by atoms with E-state index in [4.69, 9.17) is 4.74 Å². The summed E-state index contributed by atoms with van der Waals surface area (Å²) in [5.41, 5.74) is 2.00. The van der Waals surface area contributed by atoms with E-state index in [1.54, 1.807) is 4.68 Å². The molecule has 0 saturated carbocycles. The highest BCUT2D eigenvalue weighted by atomic mass is 16.5. The average molecular weight is 415 g/mol. The van der Waals surface area contributed by atoms with Gasteiger partial charge in [-0.1, -0.05) is 35.5 Å². The number of para-hydroxylation sites is 3. The molecule has 9 nitrogen and oxygen atoms in total. The number of anilines is 2. The second-order valence-corrected chi connectivity index (χ2v) is 7.28. The van der Waals surface area contributed by atoms with Gasteiger partial charge in [0, 0.05) is 19.6 Å². The van der Waals surface area contributed by atoms with Crippen molar-refractivity contribution in [1.82, 2.24) is 25.0 Å². The molecule has 0 radical (unpaired) electrons. The molecule has 4 aromatic rings. The van der Waals surface area contributed by atoms with Gasteiger partial charge in [0.15, 0.2) is 22.7 Å². The minimum atomic E-state index is -0.156. The Kier molecular flexibility index (Phi) is 4.91. The van der Waals surface area contributed by atoms with E-state index in [9.17, 15) is 4.79 Å². The minimum absolute atomic E-state index is 0.0529. The van der Waals surface area contributed by atoms with Crippen molar-refractivity contribution in [2.45, 2.75) is 13.5 Å². The first-order valence-corrected chi connectivity index (χ1v) is 10.1. The van der Waals surface area contributed by atoms with Crippen molar-refractivity contribution >= 4 is 28.6 Å². The molecule has 2 aromatic heterocycles. The summed E-state index contributed by atoms with van der Waals surface area (Å²) in [6, 6.07) is 16.9. The van der Waals surface area contributed by atoms with Crippen molar-refractivity contribution in [3.63, 3.8) is 0 Å². The average Bonchev–Trinajstić information content (AvgIpc) is 3.19. The molecule has 1 aliphatic heterocycles. The fourth-order valence-electron chi connectivity index (χ4n) is 3.55. The SMILES string of the molecule is CCn1nnc2c(N3CC(C(=O)Nc4ccccc4Oc4ccccc4)C3)ncnc21. The third-order valence-corrected chi connectivity index (χ3v) is 5.25. The highest BCUT2D eigenvalue weighted by Gasteiger charge is 2.35. The molecular weight excluding hydrogens is 394 g/mol. The zero-order valence-corrected chi connectivity index (χ0v) is 17.0. The van der Waals surface area contributed by atoms with Gasteiger partial charge in [-0.3, -0.25) is 4.79 Å². The normalized spacial score (nSPS) is 13.8. The van der Waals surface area contributed by atoms with Crippen LogP contribution in [0.2, 0.25) is 0 Å². The fourth-order valence-corrected chi connectivity index (χ4v) is 3.55. The van der Waals surface area contributed by atoms with Gasteiger partial charge in [0.2, 0.25) is 5.91 Å². The minimum Gasteiger partial charge on any atom is -0.455 e. The van der Waals surface area contributed by atoms with Crippen molar-refractivity contribution < 1.29 is 9.53 Å². The monoisotopic (exact) mass is 415 g/mol. The molecule has 31 heavy (non-hydrogen) atoms. The number of amides is 1. The van der Waals surface area contributed by atoms with Gasteiger partial charge in [-0.2, -0.15) is 0 Å². The maximum Gasteiger partial charge on any atom is 0.231 e. The molecule has 0 aliphatic carbocycles. The Morgan fingerprint density at radius 2 is 1.87 bits per heavy atom. The molecule has 3 heterocycles. The number of aryl methyl sites for hydroxylation is 1. The van der Waals surface area contributed by atoms with Crippen LogP contribution in [0.25, 0.3) is 11.2 Å². The van der Waals surface area contributed by atoms with Gasteiger partial charge in [-0.25, -0.2) is 14.6 Å². The second kappa shape index (κ2) is 8.02. The number of nitrogens with one attached hydrogen (secondary N) is 1. The first kappa shape index (κ1) is 19.0. The number of rotatable bonds is 6. The topological polar surface area (TPSA) is 98.1 Å². The van der Waals surface area contributed by atoms with E-state index in [2.05, 4.69) is 25.6 Å². The van der Waals surface area contributed by atoms with Crippen molar-refractivity contribution in [3.8, 4) is 11.5 Å². The van der Waals surface area contributed by atoms with Gasteiger partial charge in [-0.05, 0) is 31.2 Å². The van der Waals surface area contributed by atoms with Crippen molar-refractivity contribution in [2.75, 3.05) is 23.3 Å². The second-order valence-electron chi connectivity index (χ2n) is 7.28. The third kappa shape index (κ3) is 3.65. The number of benzene rings is 2. The first-order chi connectivity index (χ1) is 15.2. The molecule has 0 atom stereocenters. The standard InChI is InChI=1S/C22H21N7O2/c1-2-29-21-19(26-27-29)20(23-14-24-21)28-12-15(13-28)22(30)25-17-10-6-7-11-18(17)31-16-8-4-3-5-9-16/h3-11,14-15H,2,12-13H2,1H3,(H,25,30). The summed E-state index contributed by atoms with van der Waals surface area (Å²) in [7, 11) is 0. The fraction of sp³-hybridized carbons (Fsp3) is 0.227. The van der Waals surface area contributed by atoms with Crippen LogP contribution in [0.1, 0.15) is 6.92 Å². The summed E-state index contributed by atoms with van der Waals surface area (Å²) in [6.07, 6.45) is 1.51. The van der Waals surface area contributed by atoms with Gasteiger partial charge >= 0.3 is 0 Å². The summed E-state index contributed by atoms with van der Waals surface area (Å²) >= 11 is 0. The van der Waals surface area contributed by atoms with E-state index in [0.29, 0.717) is 53.8 Å². The maximum atomic E-state index is 12.8. The van der Waals surface area contributed by atoms with Crippen LogP contribution in [-0.2, 0) is 11.3 Å². The number of aromatic nitrogens is 5. The summed E-state index contributed by atoms with van der Waals surface area (Å²) in [6.45, 7) is 3.78. The van der Waals surface area contributed by atoms with Gasteiger partial charge < -0.3 is 15.0 Å². The maximum absolute atomic E-state index is 12.8. The number of carbonyl (C=O) groups is 1. The molecule has 156 valence electrons. The van der Waals surface area contributed by atoms with Gasteiger partial charge in [0.25, 0.3) is 0 Å². The molecular formula is C22H21N7O2. The number of hydrogen-bond donors (Lipinski definition) is 1. The van der Waals surface area contributed by atoms with Crippen LogP contribution in [0, 0.1) is 5.92 Å². The summed E-state index contributed by atoms with van der Waals surface area (Å²) in [4.78, 5) is 23.5. The predicted octanol–water partition coefficient (Wildman–Crippen LogP) is 3.11. The van der Waals surface area contributed by atoms with E-state index >= 15 is 0 Å². The Morgan fingerprint density at radius 3 is 2.68 bits per heavy atom. The first-order valence-electron chi connectivity index (χ1n) is 10.1. The highest BCUT2D eigenvalue weighted by molar-refractivity contribution is 5.96. The van der Waals surface area contributed by atoms with E-state index in [1.165, 1.54) is 6.33 Å². The summed E-state index contributed by atoms with van der Waals surface area (Å²) in [5, 5.41) is 11.3. The Hall–Kier alpha value is -4.01. The van der Waals surface area contributed by atoms with Crippen LogP contribution >= 0.6 is 0 Å². The predicted molar refractivity (Wildman–Crippen MR) is 116 cm³/mol. The lowest BCUT2D eigenvalue weighted by molar-refractivity contribution is -0.120. The van der Waals surface area contributed by atoms with Crippen LogP contribution in [0.4, 0.5) is 11.5 Å². The van der Waals surface area contributed by atoms with Gasteiger partial charge in [0.1, 0.15) is 12.1 Å². The Morgan fingerprint density at radius 1 is 1.10 bits per heavy atom. The lowest BCUT2D eigenvalue weighted by atomic mass is 9.99. The van der Waals surface area contributed by atoms with Crippen LogP contribution in [0.3, 0.4) is 0 Å². The molecule has 0 bridgehead atoms. The van der Waals surface area contributed by atoms with Crippen molar-refractivity contribution in [1.29, 1.82) is 0 Å². The van der Waals surface area contributed by atoms with Crippen molar-refractivity contribution in [2.24, 2.45) is 5.92 Å². The van der Waals surface area contributed by atoms with E-state index in [0.717, 1.165) is 0 Å². The van der Waals surface area contributed by atoms with E-state index in [1.807, 2.05) is 66.4 Å². The quantitative estimate of drug-likeness (QED) is 0.517. The Labute approximate surface area is 178 Å². The van der Waals surface area contributed by atoms with Crippen LogP contribution in [-0.4, -0.2) is 44.0 Å². The number of nitrogens with zero attached hydrogens (tertiary/aromatic N) is 6. The van der Waals surface area contributed by atoms with Gasteiger partial charge in [-0.15, -0.1) is 5.10 Å². The zero-order chi connectivity index (χ0) is 21.2. The molecule has 1 amide bonds. The molecule has 1 N–H and O–H groups in total. The summed E-state index contributed by atoms with van der Waals surface area (Å²) in [5.74, 6) is 1.82. The van der Waals surface area contributed by atoms with Crippen LogP contribution in [0.5, 0.6) is 11.5 Å². The highest BCUT2D eigenvalue weighted by Crippen LogP contribution is 2.31. The van der Waals surface area contributed by atoms with Crippen molar-refractivity contribution in [3.05, 3.63) is 60.9 Å². The summed E-state index contributed by atoms with van der Waals surface area (Å²) < 4.78 is 7.66. The molecule has 1 saturated heterocycles. The molecule has 2 aromatic carbocycles. The molecule has 5 rings (SSSR count). The molecule has 0 spiro atoms. The number of fused-ring (bicyclic) bond motifs is 1. The molecule has 0 unspecified atom stereocenters. The lowest BCUT2D eigenvalue weighted by Crippen LogP contribution is -2.52. The molecule has 1 fully saturated rings. The van der Waals surface area contributed by atoms with Gasteiger partial charge in [0.05, 0.1) is 11.6 Å². The number of ether oxygens (including phenoxy) is 1. The Balaban J connectivity index is 1.26.